The quantitative estimate of drug-likeness (QED) is 0.674. The molecule has 1 aromatic rings. The predicted octanol–water partition coefficient (Wildman–Crippen LogP) is 1.32. The molecule has 2 aliphatic rings. The van der Waals surface area contributed by atoms with Crippen LogP contribution in [-0.4, -0.2) is 44.7 Å². The molecule has 8 heteroatoms. The average Bonchev–Trinajstić information content (AvgIpc) is 3.21. The summed E-state index contributed by atoms with van der Waals surface area (Å²) in [6.07, 6.45) is 2.91. The molecule has 3 rings (SSSR count). The summed E-state index contributed by atoms with van der Waals surface area (Å²) in [6.45, 7) is 1.49. The smallest absolute Gasteiger partial charge is 0.258 e. The maximum Gasteiger partial charge on any atom is 0.258 e. The van der Waals surface area contributed by atoms with Crippen LogP contribution < -0.4 is 25.4 Å². The van der Waals surface area contributed by atoms with E-state index in [9.17, 15) is 9.59 Å². The number of halogens is 1. The maximum atomic E-state index is 12.2. The molecule has 0 bridgehead atoms. The van der Waals surface area contributed by atoms with Gasteiger partial charge in [-0.25, -0.2) is 0 Å². The van der Waals surface area contributed by atoms with Crippen molar-refractivity contribution >= 4 is 29.9 Å². The molecule has 1 unspecified atom stereocenters. The third kappa shape index (κ3) is 5.51. The van der Waals surface area contributed by atoms with Crippen molar-refractivity contribution in [2.45, 2.75) is 25.3 Å². The van der Waals surface area contributed by atoms with E-state index in [0.717, 1.165) is 25.8 Å². The Balaban J connectivity index is 0.00000225. The topological polar surface area (TPSA) is 88.7 Å². The van der Waals surface area contributed by atoms with Crippen LogP contribution >= 0.6 is 12.4 Å². The zero-order chi connectivity index (χ0) is 16.9. The van der Waals surface area contributed by atoms with E-state index in [2.05, 4.69) is 16.0 Å². The van der Waals surface area contributed by atoms with Crippen molar-refractivity contribution in [2.24, 2.45) is 5.92 Å². The van der Waals surface area contributed by atoms with Crippen LogP contribution in [0.25, 0.3) is 0 Å². The molecule has 1 saturated carbocycles. The molecular formula is C17H24ClN3O4. The zero-order valence-electron chi connectivity index (χ0n) is 14.2. The minimum absolute atomic E-state index is 0. The third-order valence-electron chi connectivity index (χ3n) is 4.16. The number of benzene rings is 1. The lowest BCUT2D eigenvalue weighted by molar-refractivity contribution is -0.123. The van der Waals surface area contributed by atoms with Crippen LogP contribution in [0.5, 0.6) is 11.5 Å². The Bertz CT molecular complexity index is 616. The van der Waals surface area contributed by atoms with E-state index in [4.69, 9.17) is 9.47 Å². The summed E-state index contributed by atoms with van der Waals surface area (Å²) < 4.78 is 10.8. The van der Waals surface area contributed by atoms with Gasteiger partial charge in [-0.15, -0.1) is 12.4 Å². The van der Waals surface area contributed by atoms with Crippen molar-refractivity contribution in [1.29, 1.82) is 0 Å². The van der Waals surface area contributed by atoms with Crippen molar-refractivity contribution in [2.75, 3.05) is 32.1 Å². The molecule has 1 heterocycles. The van der Waals surface area contributed by atoms with E-state index < -0.39 is 0 Å². The van der Waals surface area contributed by atoms with Gasteiger partial charge in [0, 0.05) is 24.3 Å². The van der Waals surface area contributed by atoms with Crippen molar-refractivity contribution in [1.82, 2.24) is 10.6 Å². The zero-order valence-corrected chi connectivity index (χ0v) is 15.0. The first kappa shape index (κ1) is 19.3. The number of methoxy groups -OCH3 is 1. The Morgan fingerprint density at radius 1 is 1.24 bits per heavy atom. The fourth-order valence-electron chi connectivity index (χ4n) is 2.63. The number of amides is 2. The van der Waals surface area contributed by atoms with Gasteiger partial charge in [-0.1, -0.05) is 0 Å². The Hall–Kier alpha value is -1.99. The summed E-state index contributed by atoms with van der Waals surface area (Å²) >= 11 is 0. The van der Waals surface area contributed by atoms with Gasteiger partial charge in [0.1, 0.15) is 0 Å². The number of rotatable bonds is 7. The maximum absolute atomic E-state index is 12.2. The summed E-state index contributed by atoms with van der Waals surface area (Å²) in [5, 5.41) is 8.93. The van der Waals surface area contributed by atoms with Crippen LogP contribution in [0.3, 0.4) is 0 Å². The van der Waals surface area contributed by atoms with E-state index in [1.807, 2.05) is 0 Å². The van der Waals surface area contributed by atoms with Gasteiger partial charge in [0.25, 0.3) is 5.91 Å². The minimum atomic E-state index is -0.147. The molecule has 3 N–H and O–H groups in total. The molecule has 1 aliphatic heterocycles. The SMILES string of the molecule is COc1ccc(NC(=O)C2CCNC2)cc1OCC(=O)NC1CC1.Cl. The van der Waals surface area contributed by atoms with E-state index in [1.165, 1.54) is 7.11 Å². The van der Waals surface area contributed by atoms with E-state index in [-0.39, 0.29) is 36.7 Å². The molecule has 1 aromatic carbocycles. The molecule has 0 spiro atoms. The monoisotopic (exact) mass is 369 g/mol. The van der Waals surface area contributed by atoms with E-state index in [0.29, 0.717) is 29.8 Å². The molecular weight excluding hydrogens is 346 g/mol. The summed E-state index contributed by atoms with van der Waals surface area (Å²) in [6, 6.07) is 5.46. The highest BCUT2D eigenvalue weighted by molar-refractivity contribution is 5.93. The number of hydrogen-bond acceptors (Lipinski definition) is 5. The van der Waals surface area contributed by atoms with Crippen molar-refractivity contribution in [3.05, 3.63) is 18.2 Å². The number of nitrogens with one attached hydrogen (secondary N) is 3. The number of hydrogen-bond donors (Lipinski definition) is 3. The second-order valence-corrected chi connectivity index (χ2v) is 6.18. The van der Waals surface area contributed by atoms with E-state index >= 15 is 0 Å². The minimum Gasteiger partial charge on any atom is -0.493 e. The Kier molecular flexibility index (Phi) is 6.90. The van der Waals surface area contributed by atoms with Crippen molar-refractivity contribution in [3.8, 4) is 11.5 Å². The average molecular weight is 370 g/mol. The second-order valence-electron chi connectivity index (χ2n) is 6.18. The van der Waals surface area contributed by atoms with Gasteiger partial charge < -0.3 is 25.4 Å². The molecule has 2 amide bonds. The number of anilines is 1. The van der Waals surface area contributed by atoms with Gasteiger partial charge in [0.05, 0.1) is 13.0 Å². The van der Waals surface area contributed by atoms with Gasteiger partial charge >= 0.3 is 0 Å². The first-order chi connectivity index (χ1) is 11.7. The largest absolute Gasteiger partial charge is 0.493 e. The van der Waals surface area contributed by atoms with Crippen LogP contribution in [0.15, 0.2) is 18.2 Å². The van der Waals surface area contributed by atoms with Crippen LogP contribution in [0.1, 0.15) is 19.3 Å². The predicted molar refractivity (Wildman–Crippen MR) is 96.5 cm³/mol. The highest BCUT2D eigenvalue weighted by Crippen LogP contribution is 2.30. The van der Waals surface area contributed by atoms with Gasteiger partial charge in [-0.05, 0) is 37.9 Å². The molecule has 1 saturated heterocycles. The molecule has 0 radical (unpaired) electrons. The molecule has 0 aromatic heterocycles. The highest BCUT2D eigenvalue weighted by atomic mass is 35.5. The van der Waals surface area contributed by atoms with Gasteiger partial charge in [0.15, 0.2) is 18.1 Å². The number of carbonyl (C=O) groups is 2. The first-order valence-corrected chi connectivity index (χ1v) is 8.27. The third-order valence-corrected chi connectivity index (χ3v) is 4.16. The molecule has 25 heavy (non-hydrogen) atoms. The molecule has 7 nitrogen and oxygen atoms in total. The van der Waals surface area contributed by atoms with Crippen LogP contribution in [-0.2, 0) is 9.59 Å². The number of ether oxygens (including phenoxy) is 2. The van der Waals surface area contributed by atoms with Crippen LogP contribution in [0.2, 0.25) is 0 Å². The fraction of sp³-hybridized carbons (Fsp3) is 0.529. The van der Waals surface area contributed by atoms with Crippen molar-refractivity contribution < 1.29 is 19.1 Å². The lowest BCUT2D eigenvalue weighted by Crippen LogP contribution is -2.30. The standard InChI is InChI=1S/C17H23N3O4.ClH/c1-23-14-5-4-13(20-17(22)11-6-7-18-9-11)8-15(14)24-10-16(21)19-12-2-3-12;/h4-5,8,11-12,18H,2-3,6-7,9-10H2,1H3,(H,19,21)(H,20,22);1H. The summed E-state index contributed by atoms with van der Waals surface area (Å²) in [7, 11) is 1.54. The Labute approximate surface area is 153 Å². The normalized spacial score (nSPS) is 18.8. The Morgan fingerprint density at radius 3 is 2.68 bits per heavy atom. The summed E-state index contributed by atoms with van der Waals surface area (Å²) in [5.41, 5.74) is 0.630. The van der Waals surface area contributed by atoms with Gasteiger partial charge in [-0.3, -0.25) is 9.59 Å². The Morgan fingerprint density at radius 2 is 2.04 bits per heavy atom. The lowest BCUT2D eigenvalue weighted by Gasteiger charge is -2.14. The molecule has 1 atom stereocenters. The molecule has 1 aliphatic carbocycles. The first-order valence-electron chi connectivity index (χ1n) is 8.27. The summed E-state index contributed by atoms with van der Waals surface area (Å²) in [5.74, 6) is 0.787. The van der Waals surface area contributed by atoms with Crippen LogP contribution in [0, 0.1) is 5.92 Å². The second kappa shape index (κ2) is 8.92. The van der Waals surface area contributed by atoms with Crippen molar-refractivity contribution in [3.63, 3.8) is 0 Å². The lowest BCUT2D eigenvalue weighted by atomic mass is 10.1. The summed E-state index contributed by atoms with van der Waals surface area (Å²) in [4.78, 5) is 23.9. The van der Waals surface area contributed by atoms with Gasteiger partial charge in [0.2, 0.25) is 5.91 Å². The van der Waals surface area contributed by atoms with Crippen LogP contribution in [0.4, 0.5) is 5.69 Å². The fourth-order valence-corrected chi connectivity index (χ4v) is 2.63. The van der Waals surface area contributed by atoms with E-state index in [1.54, 1.807) is 18.2 Å². The highest BCUT2D eigenvalue weighted by Gasteiger charge is 2.24. The number of carbonyl (C=O) groups excluding carboxylic acids is 2. The molecule has 2 fully saturated rings. The van der Waals surface area contributed by atoms with Gasteiger partial charge in [-0.2, -0.15) is 0 Å². The molecule has 138 valence electrons.